The molecule has 0 unspecified atom stereocenters. The van der Waals surface area contributed by atoms with Crippen LogP contribution in [0.5, 0.6) is 0 Å². The van der Waals surface area contributed by atoms with Gasteiger partial charge in [-0.25, -0.2) is 4.98 Å². The van der Waals surface area contributed by atoms with Crippen LogP contribution in [0.3, 0.4) is 0 Å². The zero-order valence-electron chi connectivity index (χ0n) is 11.4. The number of benzene rings is 1. The van der Waals surface area contributed by atoms with Crippen molar-refractivity contribution in [3.05, 3.63) is 41.9 Å². The maximum atomic E-state index is 10.7. The Morgan fingerprint density at radius 1 is 1.32 bits per heavy atom. The number of rotatable bonds is 4. The summed E-state index contributed by atoms with van der Waals surface area (Å²) in [6, 6.07) is 8.24. The van der Waals surface area contributed by atoms with E-state index >= 15 is 0 Å². The number of hydrogen-bond donors (Lipinski definition) is 1. The lowest BCUT2D eigenvalue weighted by molar-refractivity contribution is -0.137. The molecule has 100 valence electrons. The molecule has 0 radical (unpaired) electrons. The number of carboxylic acids is 1. The maximum absolute atomic E-state index is 10.7. The fourth-order valence-electron chi connectivity index (χ4n) is 1.99. The predicted octanol–water partition coefficient (Wildman–Crippen LogP) is 3.07. The molecule has 0 aliphatic rings. The Morgan fingerprint density at radius 3 is 2.47 bits per heavy atom. The molecule has 0 aliphatic carbocycles. The first-order valence-corrected chi connectivity index (χ1v) is 6.33. The maximum Gasteiger partial charge on any atom is 0.323 e. The van der Waals surface area contributed by atoms with Crippen LogP contribution in [0, 0.1) is 6.92 Å². The van der Waals surface area contributed by atoms with E-state index in [9.17, 15) is 4.79 Å². The van der Waals surface area contributed by atoms with E-state index in [-0.39, 0.29) is 6.54 Å². The minimum atomic E-state index is -0.859. The van der Waals surface area contributed by atoms with Gasteiger partial charge >= 0.3 is 5.97 Å². The predicted molar refractivity (Wildman–Crippen MR) is 74.1 cm³/mol. The number of carboxylic acid groups (broad SMARTS) is 1. The molecule has 4 heteroatoms. The van der Waals surface area contributed by atoms with Gasteiger partial charge < -0.3 is 9.67 Å². The smallest absolute Gasteiger partial charge is 0.323 e. The Labute approximate surface area is 112 Å². The molecule has 0 aliphatic heterocycles. The Morgan fingerprint density at radius 2 is 1.95 bits per heavy atom. The minimum absolute atomic E-state index is 0.0527. The molecule has 1 aromatic carbocycles. The van der Waals surface area contributed by atoms with Crippen molar-refractivity contribution in [2.24, 2.45) is 0 Å². The van der Waals surface area contributed by atoms with Crippen LogP contribution in [-0.2, 0) is 11.3 Å². The third-order valence-electron chi connectivity index (χ3n) is 3.15. The topological polar surface area (TPSA) is 55.1 Å². The van der Waals surface area contributed by atoms with E-state index in [4.69, 9.17) is 5.11 Å². The molecule has 0 atom stereocenters. The van der Waals surface area contributed by atoms with Crippen molar-refractivity contribution >= 4 is 5.97 Å². The summed E-state index contributed by atoms with van der Waals surface area (Å²) in [7, 11) is 0. The summed E-state index contributed by atoms with van der Waals surface area (Å²) < 4.78 is 1.65. The van der Waals surface area contributed by atoms with E-state index in [1.807, 2.05) is 19.1 Å². The van der Waals surface area contributed by atoms with Gasteiger partial charge in [-0.1, -0.05) is 38.1 Å². The third kappa shape index (κ3) is 3.02. The molecule has 0 saturated heterocycles. The first-order valence-electron chi connectivity index (χ1n) is 6.33. The normalized spacial score (nSPS) is 10.9. The lowest BCUT2D eigenvalue weighted by atomic mass is 10.0. The van der Waals surface area contributed by atoms with Gasteiger partial charge in [0, 0.05) is 11.8 Å². The van der Waals surface area contributed by atoms with E-state index in [1.54, 1.807) is 10.8 Å². The molecule has 1 N–H and O–H groups in total. The van der Waals surface area contributed by atoms with E-state index in [2.05, 4.69) is 31.0 Å². The zero-order chi connectivity index (χ0) is 14.0. The standard InChI is InChI=1S/C15H18N2O2/c1-10(2)12-4-6-13(7-5-12)14-8-17(9-15(18)19)11(3)16-14/h4-8,10H,9H2,1-3H3,(H,18,19). The van der Waals surface area contributed by atoms with Gasteiger partial charge in [0.25, 0.3) is 0 Å². The van der Waals surface area contributed by atoms with Gasteiger partial charge in [0.2, 0.25) is 0 Å². The summed E-state index contributed by atoms with van der Waals surface area (Å²) in [5.74, 6) is 0.355. The Balaban J connectivity index is 2.29. The fourth-order valence-corrected chi connectivity index (χ4v) is 1.99. The third-order valence-corrected chi connectivity index (χ3v) is 3.15. The molecule has 0 bridgehead atoms. The Hall–Kier alpha value is -2.10. The van der Waals surface area contributed by atoms with Gasteiger partial charge in [-0.3, -0.25) is 4.79 Å². The lowest BCUT2D eigenvalue weighted by Crippen LogP contribution is -2.08. The number of hydrogen-bond acceptors (Lipinski definition) is 2. The summed E-state index contributed by atoms with van der Waals surface area (Å²) >= 11 is 0. The number of carbonyl (C=O) groups is 1. The summed E-state index contributed by atoms with van der Waals surface area (Å²) in [6.45, 7) is 6.07. The number of imidazole rings is 1. The van der Waals surface area contributed by atoms with Gasteiger partial charge in [-0.2, -0.15) is 0 Å². The van der Waals surface area contributed by atoms with Crippen molar-refractivity contribution in [3.8, 4) is 11.3 Å². The minimum Gasteiger partial charge on any atom is -0.480 e. The van der Waals surface area contributed by atoms with E-state index in [0.29, 0.717) is 11.7 Å². The molecule has 4 nitrogen and oxygen atoms in total. The van der Waals surface area contributed by atoms with Gasteiger partial charge in [0.1, 0.15) is 12.4 Å². The summed E-state index contributed by atoms with van der Waals surface area (Å²) in [6.07, 6.45) is 1.79. The zero-order valence-corrected chi connectivity index (χ0v) is 11.4. The van der Waals surface area contributed by atoms with Crippen LogP contribution in [0.2, 0.25) is 0 Å². The van der Waals surface area contributed by atoms with Crippen molar-refractivity contribution in [2.75, 3.05) is 0 Å². The molecule has 1 aromatic heterocycles. The van der Waals surface area contributed by atoms with Crippen molar-refractivity contribution in [1.82, 2.24) is 9.55 Å². The van der Waals surface area contributed by atoms with E-state index in [1.165, 1.54) is 5.56 Å². The molecule has 0 saturated carbocycles. The second-order valence-corrected chi connectivity index (χ2v) is 4.97. The van der Waals surface area contributed by atoms with Gasteiger partial charge in [-0.15, -0.1) is 0 Å². The molecule has 0 spiro atoms. The molecule has 2 rings (SSSR count). The Kier molecular flexibility index (Phi) is 3.69. The van der Waals surface area contributed by atoms with E-state index < -0.39 is 5.97 Å². The average molecular weight is 258 g/mol. The molecular formula is C15H18N2O2. The highest BCUT2D eigenvalue weighted by atomic mass is 16.4. The SMILES string of the molecule is Cc1nc(-c2ccc(C(C)C)cc2)cn1CC(=O)O. The van der Waals surface area contributed by atoms with Crippen LogP contribution in [-0.4, -0.2) is 20.6 Å². The second kappa shape index (κ2) is 5.26. The number of aryl methyl sites for hydroxylation is 1. The van der Waals surface area contributed by atoms with Gasteiger partial charge in [0.15, 0.2) is 0 Å². The summed E-state index contributed by atoms with van der Waals surface area (Å²) in [4.78, 5) is 15.1. The second-order valence-electron chi connectivity index (χ2n) is 4.97. The lowest BCUT2D eigenvalue weighted by Gasteiger charge is -2.05. The highest BCUT2D eigenvalue weighted by Gasteiger charge is 2.09. The monoisotopic (exact) mass is 258 g/mol. The van der Waals surface area contributed by atoms with Crippen molar-refractivity contribution < 1.29 is 9.90 Å². The molecular weight excluding hydrogens is 240 g/mol. The van der Waals surface area contributed by atoms with Crippen LogP contribution in [0.4, 0.5) is 0 Å². The first kappa shape index (κ1) is 13.3. The summed E-state index contributed by atoms with van der Waals surface area (Å²) in [5, 5.41) is 8.82. The highest BCUT2D eigenvalue weighted by Crippen LogP contribution is 2.22. The average Bonchev–Trinajstić information content (AvgIpc) is 2.70. The van der Waals surface area contributed by atoms with Crippen molar-refractivity contribution in [1.29, 1.82) is 0 Å². The van der Waals surface area contributed by atoms with Crippen LogP contribution in [0.25, 0.3) is 11.3 Å². The number of aliphatic carboxylic acids is 1. The quantitative estimate of drug-likeness (QED) is 0.917. The Bertz CT molecular complexity index is 583. The fraction of sp³-hybridized carbons (Fsp3) is 0.333. The van der Waals surface area contributed by atoms with Gasteiger partial charge in [0.05, 0.1) is 5.69 Å². The van der Waals surface area contributed by atoms with Crippen molar-refractivity contribution in [2.45, 2.75) is 33.2 Å². The van der Waals surface area contributed by atoms with Gasteiger partial charge in [-0.05, 0) is 18.4 Å². The van der Waals surface area contributed by atoms with Crippen LogP contribution < -0.4 is 0 Å². The highest BCUT2D eigenvalue weighted by molar-refractivity contribution is 5.67. The number of nitrogens with zero attached hydrogens (tertiary/aromatic N) is 2. The largest absolute Gasteiger partial charge is 0.480 e. The molecule has 2 aromatic rings. The van der Waals surface area contributed by atoms with E-state index in [0.717, 1.165) is 11.3 Å². The summed E-state index contributed by atoms with van der Waals surface area (Å²) in [5.41, 5.74) is 3.11. The first-order chi connectivity index (χ1) is 8.97. The number of aromatic nitrogens is 2. The van der Waals surface area contributed by atoms with Crippen LogP contribution in [0.15, 0.2) is 30.5 Å². The van der Waals surface area contributed by atoms with Crippen LogP contribution in [0.1, 0.15) is 31.2 Å². The molecule has 1 heterocycles. The molecule has 0 amide bonds. The van der Waals surface area contributed by atoms with Crippen molar-refractivity contribution in [3.63, 3.8) is 0 Å². The molecule has 0 fully saturated rings. The molecule has 19 heavy (non-hydrogen) atoms. The van der Waals surface area contributed by atoms with Crippen LogP contribution >= 0.6 is 0 Å².